The molecular formula is C28H30N8O3. The summed E-state index contributed by atoms with van der Waals surface area (Å²) < 4.78 is 7.27. The monoisotopic (exact) mass is 526 g/mol. The van der Waals surface area contributed by atoms with Crippen molar-refractivity contribution >= 4 is 22.1 Å². The van der Waals surface area contributed by atoms with Crippen LogP contribution in [0.1, 0.15) is 22.5 Å². The first kappa shape index (κ1) is 27.1. The van der Waals surface area contributed by atoms with Crippen LogP contribution in [0.2, 0.25) is 0 Å². The van der Waals surface area contributed by atoms with E-state index in [-0.39, 0.29) is 16.6 Å². The first-order valence-corrected chi connectivity index (χ1v) is 12.1. The number of benzene rings is 2. The Morgan fingerprint density at radius 1 is 0.667 bits per heavy atom. The Labute approximate surface area is 224 Å². The maximum atomic E-state index is 11.9. The number of rotatable bonds is 4. The molecule has 0 unspecified atom stereocenters. The zero-order valence-electron chi connectivity index (χ0n) is 22.2. The van der Waals surface area contributed by atoms with E-state index in [0.29, 0.717) is 11.4 Å². The van der Waals surface area contributed by atoms with Crippen molar-refractivity contribution in [3.8, 4) is 0 Å². The van der Waals surface area contributed by atoms with Crippen molar-refractivity contribution < 1.29 is 5.48 Å². The van der Waals surface area contributed by atoms with Crippen LogP contribution in [-0.4, -0.2) is 43.7 Å². The molecule has 6 aromatic rings. The van der Waals surface area contributed by atoms with Gasteiger partial charge in [-0.1, -0.05) is 12.1 Å². The summed E-state index contributed by atoms with van der Waals surface area (Å²) in [6, 6.07) is 12.0. The molecule has 0 amide bonds. The van der Waals surface area contributed by atoms with Crippen molar-refractivity contribution in [3.05, 3.63) is 117 Å². The Morgan fingerprint density at radius 3 is 1.44 bits per heavy atom. The highest BCUT2D eigenvalue weighted by Gasteiger charge is 2.07. The lowest BCUT2D eigenvalue weighted by atomic mass is 10.2. The van der Waals surface area contributed by atoms with Crippen molar-refractivity contribution in [1.82, 2.24) is 38.2 Å². The highest BCUT2D eigenvalue weighted by molar-refractivity contribution is 5.76. The largest absolute Gasteiger partial charge is 0.412 e. The summed E-state index contributed by atoms with van der Waals surface area (Å²) in [6.45, 7) is 4.94. The number of hydrogen-bond donors (Lipinski definition) is 0. The van der Waals surface area contributed by atoms with Crippen LogP contribution < -0.4 is 11.1 Å². The summed E-state index contributed by atoms with van der Waals surface area (Å²) in [5.74, 6) is 0. The van der Waals surface area contributed by atoms with Crippen LogP contribution in [0.3, 0.4) is 0 Å². The van der Waals surface area contributed by atoms with Gasteiger partial charge in [0.25, 0.3) is 11.1 Å². The molecule has 0 atom stereocenters. The summed E-state index contributed by atoms with van der Waals surface area (Å²) >= 11 is 0. The van der Waals surface area contributed by atoms with E-state index >= 15 is 0 Å². The van der Waals surface area contributed by atoms with Gasteiger partial charge in [-0.15, -0.1) is 0 Å². The highest BCUT2D eigenvalue weighted by atomic mass is 16.1. The maximum Gasteiger partial charge on any atom is 0.272 e. The fourth-order valence-corrected chi connectivity index (χ4v) is 4.40. The average Bonchev–Trinajstić information content (AvgIpc) is 3.62. The molecule has 11 heteroatoms. The minimum atomic E-state index is -0.0488. The standard InChI is InChI=1S/2C14H14N4O.H2O/c2*1-10-14(19)17(2)13-7-11(3-4-12(13)16-10)8-18-6-5-15-9-18;/h2*3-7,9H,8H2,1-2H3;1H2. The quantitative estimate of drug-likeness (QED) is 0.345. The van der Waals surface area contributed by atoms with E-state index in [0.717, 1.165) is 46.3 Å². The SMILES string of the molecule is Cc1nc2ccc(Cn3ccnc3)cc2n(C)c1=O.Cc1nc2ccc(Cn3ccnc3)cc2n(C)c1=O.O. The third-order valence-electron chi connectivity index (χ3n) is 6.46. The van der Waals surface area contributed by atoms with E-state index in [1.807, 2.05) is 57.9 Å². The van der Waals surface area contributed by atoms with Gasteiger partial charge in [0.2, 0.25) is 0 Å². The van der Waals surface area contributed by atoms with E-state index in [2.05, 4.69) is 19.9 Å². The third kappa shape index (κ3) is 5.68. The molecule has 6 rings (SSSR count). The summed E-state index contributed by atoms with van der Waals surface area (Å²) in [7, 11) is 3.56. The van der Waals surface area contributed by atoms with Crippen LogP contribution in [0.25, 0.3) is 22.1 Å². The van der Waals surface area contributed by atoms with Gasteiger partial charge < -0.3 is 23.7 Å². The average molecular weight is 527 g/mol. The number of aromatic nitrogens is 8. The first-order valence-electron chi connectivity index (χ1n) is 12.1. The fraction of sp³-hybridized carbons (Fsp3) is 0.214. The molecular weight excluding hydrogens is 496 g/mol. The predicted octanol–water partition coefficient (Wildman–Crippen LogP) is 2.15. The fourth-order valence-electron chi connectivity index (χ4n) is 4.40. The lowest BCUT2D eigenvalue weighted by Gasteiger charge is -2.08. The van der Waals surface area contributed by atoms with Crippen molar-refractivity contribution in [3.63, 3.8) is 0 Å². The van der Waals surface area contributed by atoms with Gasteiger partial charge in [-0.3, -0.25) is 9.59 Å². The minimum absolute atomic E-state index is 0. The van der Waals surface area contributed by atoms with Crippen molar-refractivity contribution in [1.29, 1.82) is 0 Å². The van der Waals surface area contributed by atoms with E-state index in [1.165, 1.54) is 0 Å². The molecule has 2 N–H and O–H groups in total. The van der Waals surface area contributed by atoms with Gasteiger partial charge in [-0.05, 0) is 49.2 Å². The van der Waals surface area contributed by atoms with Crippen LogP contribution >= 0.6 is 0 Å². The number of imidazole rings is 2. The van der Waals surface area contributed by atoms with Gasteiger partial charge in [0, 0.05) is 52.0 Å². The normalized spacial score (nSPS) is 10.8. The molecule has 39 heavy (non-hydrogen) atoms. The molecule has 2 aromatic carbocycles. The van der Waals surface area contributed by atoms with Gasteiger partial charge in [0.15, 0.2) is 0 Å². The molecule has 0 fully saturated rings. The molecule has 0 aliphatic rings. The van der Waals surface area contributed by atoms with Gasteiger partial charge >= 0.3 is 0 Å². The zero-order valence-corrected chi connectivity index (χ0v) is 22.2. The Hall–Kier alpha value is -4.90. The summed E-state index contributed by atoms with van der Waals surface area (Å²) in [4.78, 5) is 40.5. The second kappa shape index (κ2) is 11.2. The Kier molecular flexibility index (Phi) is 7.82. The van der Waals surface area contributed by atoms with Crippen LogP contribution in [-0.2, 0) is 27.2 Å². The molecule has 0 spiro atoms. The Morgan fingerprint density at radius 2 is 1.08 bits per heavy atom. The van der Waals surface area contributed by atoms with Gasteiger partial charge in [-0.2, -0.15) is 0 Å². The topological polar surface area (TPSA) is 137 Å². The van der Waals surface area contributed by atoms with Crippen LogP contribution in [0, 0.1) is 13.8 Å². The van der Waals surface area contributed by atoms with Gasteiger partial charge in [0.05, 0.1) is 34.7 Å². The highest BCUT2D eigenvalue weighted by Crippen LogP contribution is 2.15. The lowest BCUT2D eigenvalue weighted by molar-refractivity contribution is 0.795. The van der Waals surface area contributed by atoms with E-state index in [4.69, 9.17) is 0 Å². The summed E-state index contributed by atoms with van der Waals surface area (Å²) in [5, 5.41) is 0. The Balaban J connectivity index is 0.000000176. The van der Waals surface area contributed by atoms with Crippen molar-refractivity contribution in [2.24, 2.45) is 14.1 Å². The second-order valence-corrected chi connectivity index (χ2v) is 9.24. The lowest BCUT2D eigenvalue weighted by Crippen LogP contribution is -2.21. The van der Waals surface area contributed by atoms with Crippen LogP contribution in [0.5, 0.6) is 0 Å². The van der Waals surface area contributed by atoms with E-state index in [9.17, 15) is 9.59 Å². The molecule has 0 saturated carbocycles. The molecule has 4 heterocycles. The molecule has 0 radical (unpaired) electrons. The van der Waals surface area contributed by atoms with Gasteiger partial charge in [-0.25, -0.2) is 19.9 Å². The van der Waals surface area contributed by atoms with E-state index in [1.54, 1.807) is 62.1 Å². The Bertz CT molecular complexity index is 1720. The molecule has 0 aliphatic carbocycles. The first-order chi connectivity index (χ1) is 18.3. The molecule has 0 bridgehead atoms. The third-order valence-corrected chi connectivity index (χ3v) is 6.46. The molecule has 200 valence electrons. The smallest absolute Gasteiger partial charge is 0.272 e. The zero-order chi connectivity index (χ0) is 26.8. The molecule has 0 aliphatic heterocycles. The molecule has 4 aromatic heterocycles. The minimum Gasteiger partial charge on any atom is -0.412 e. The number of nitrogens with zero attached hydrogens (tertiary/aromatic N) is 8. The second-order valence-electron chi connectivity index (χ2n) is 9.24. The number of hydrogen-bond acceptors (Lipinski definition) is 6. The maximum absolute atomic E-state index is 11.9. The van der Waals surface area contributed by atoms with Gasteiger partial charge in [0.1, 0.15) is 11.4 Å². The molecule has 0 saturated heterocycles. The van der Waals surface area contributed by atoms with E-state index < -0.39 is 0 Å². The predicted molar refractivity (Wildman–Crippen MR) is 150 cm³/mol. The van der Waals surface area contributed by atoms with Crippen LogP contribution in [0.15, 0.2) is 83.4 Å². The van der Waals surface area contributed by atoms with Crippen molar-refractivity contribution in [2.75, 3.05) is 0 Å². The van der Waals surface area contributed by atoms with Crippen molar-refractivity contribution in [2.45, 2.75) is 26.9 Å². The molecule has 11 nitrogen and oxygen atoms in total. The van der Waals surface area contributed by atoms with Crippen LogP contribution in [0.4, 0.5) is 0 Å². The summed E-state index contributed by atoms with van der Waals surface area (Å²) in [5.41, 5.74) is 6.58. The number of aryl methyl sites for hydroxylation is 4. The number of fused-ring (bicyclic) bond motifs is 2. The summed E-state index contributed by atoms with van der Waals surface area (Å²) in [6.07, 6.45) is 10.9.